The Labute approximate surface area is 169 Å². The summed E-state index contributed by atoms with van der Waals surface area (Å²) in [5.74, 6) is -0.422. The van der Waals surface area contributed by atoms with Gasteiger partial charge in [0.1, 0.15) is 11.9 Å². The van der Waals surface area contributed by atoms with Crippen molar-refractivity contribution < 1.29 is 13.2 Å². The van der Waals surface area contributed by atoms with Crippen LogP contribution in [-0.4, -0.2) is 54.9 Å². The van der Waals surface area contributed by atoms with Crippen molar-refractivity contribution in [2.24, 2.45) is 5.73 Å². The van der Waals surface area contributed by atoms with Crippen molar-refractivity contribution in [3.05, 3.63) is 59.9 Å². The minimum absolute atomic E-state index is 0.0365. The van der Waals surface area contributed by atoms with Gasteiger partial charge in [-0.3, -0.25) is 15.2 Å². The van der Waals surface area contributed by atoms with Crippen LogP contribution in [0, 0.1) is 5.41 Å². The van der Waals surface area contributed by atoms with Crippen LogP contribution in [-0.2, 0) is 21.4 Å². The molecule has 0 saturated carbocycles. The second-order valence-corrected chi connectivity index (χ2v) is 8.69. The summed E-state index contributed by atoms with van der Waals surface area (Å²) in [7, 11) is -3.60. The molecule has 1 aliphatic heterocycles. The number of carbonyl (C=O) groups excluding carboxylic acids is 1. The summed E-state index contributed by atoms with van der Waals surface area (Å²) in [6, 6.07) is 9.87. The molecular formula is C19H24N6O3S. The highest BCUT2D eigenvalue weighted by atomic mass is 32.2. The Kier molecular flexibility index (Phi) is 6.45. The topological polar surface area (TPSA) is 141 Å². The number of amidine groups is 1. The van der Waals surface area contributed by atoms with E-state index in [1.54, 1.807) is 47.6 Å². The summed E-state index contributed by atoms with van der Waals surface area (Å²) >= 11 is 0. The summed E-state index contributed by atoms with van der Waals surface area (Å²) in [4.78, 5) is 18.1. The fraction of sp³-hybridized carbons (Fsp3) is 0.316. The van der Waals surface area contributed by atoms with E-state index in [0.717, 1.165) is 11.3 Å². The number of amides is 1. The third-order valence-electron chi connectivity index (χ3n) is 4.61. The number of nitrogens with two attached hydrogens (primary N) is 1. The minimum Gasteiger partial charge on any atom is -0.384 e. The highest BCUT2D eigenvalue weighted by molar-refractivity contribution is 7.89. The van der Waals surface area contributed by atoms with Crippen LogP contribution < -0.4 is 15.8 Å². The normalized spacial score (nSPS) is 16.8. The Bertz CT molecular complexity index is 980. The van der Waals surface area contributed by atoms with Gasteiger partial charge in [-0.2, -0.15) is 0 Å². The number of rotatable bonds is 9. The SMILES string of the molecule is N=C(N)c1cccc(CN2CC[C@H](NS(=O)(=O)CCNc3ccncc3)C2=O)c1. The van der Waals surface area contributed by atoms with Gasteiger partial charge >= 0.3 is 0 Å². The lowest BCUT2D eigenvalue weighted by Gasteiger charge is -2.18. The molecule has 1 amide bonds. The van der Waals surface area contributed by atoms with Gasteiger partial charge in [-0.15, -0.1) is 0 Å². The molecule has 0 bridgehead atoms. The molecule has 2 heterocycles. The van der Waals surface area contributed by atoms with E-state index in [-0.39, 0.29) is 24.0 Å². The van der Waals surface area contributed by atoms with E-state index >= 15 is 0 Å². The maximum atomic E-state index is 12.6. The van der Waals surface area contributed by atoms with Gasteiger partial charge in [0, 0.05) is 43.3 Å². The van der Waals surface area contributed by atoms with E-state index in [2.05, 4.69) is 15.0 Å². The molecule has 1 fully saturated rings. The van der Waals surface area contributed by atoms with Crippen LogP contribution in [0.1, 0.15) is 17.5 Å². The zero-order valence-corrected chi connectivity index (χ0v) is 16.7. The molecule has 0 unspecified atom stereocenters. The van der Waals surface area contributed by atoms with Gasteiger partial charge in [-0.25, -0.2) is 13.1 Å². The smallest absolute Gasteiger partial charge is 0.241 e. The Morgan fingerprint density at radius 3 is 2.76 bits per heavy atom. The maximum absolute atomic E-state index is 12.6. The van der Waals surface area contributed by atoms with Crippen LogP contribution in [0.25, 0.3) is 0 Å². The van der Waals surface area contributed by atoms with Crippen LogP contribution in [0.2, 0.25) is 0 Å². The molecule has 1 atom stereocenters. The average Bonchev–Trinajstić information content (AvgIpc) is 3.02. The number of pyridine rings is 1. The van der Waals surface area contributed by atoms with Crippen LogP contribution in [0.15, 0.2) is 48.8 Å². The van der Waals surface area contributed by atoms with Crippen LogP contribution in [0.5, 0.6) is 0 Å². The van der Waals surface area contributed by atoms with Crippen molar-refractivity contribution in [3.8, 4) is 0 Å². The van der Waals surface area contributed by atoms with Crippen molar-refractivity contribution >= 4 is 27.5 Å². The molecule has 0 spiro atoms. The molecule has 10 heteroatoms. The number of hydrogen-bond donors (Lipinski definition) is 4. The van der Waals surface area contributed by atoms with E-state index < -0.39 is 16.1 Å². The molecule has 0 radical (unpaired) electrons. The Morgan fingerprint density at radius 2 is 2.03 bits per heavy atom. The third-order valence-corrected chi connectivity index (χ3v) is 6.00. The predicted molar refractivity (Wildman–Crippen MR) is 111 cm³/mol. The molecule has 0 aliphatic carbocycles. The minimum atomic E-state index is -3.60. The molecule has 3 rings (SSSR count). The number of nitrogens with one attached hydrogen (secondary N) is 3. The standard InChI is InChI=1S/C19H24N6O3S/c20-18(21)15-3-1-2-14(12-15)13-25-10-6-17(19(25)26)24-29(27,28)11-9-23-16-4-7-22-8-5-16/h1-5,7-8,12,17,24H,6,9-11,13H2,(H3,20,21)(H,22,23)/t17-/m0/s1. The first-order chi connectivity index (χ1) is 13.8. The summed E-state index contributed by atoms with van der Waals surface area (Å²) in [6.07, 6.45) is 3.65. The number of likely N-dealkylation sites (tertiary alicyclic amines) is 1. The lowest BCUT2D eigenvalue weighted by atomic mass is 10.1. The van der Waals surface area contributed by atoms with Crippen LogP contribution in [0.4, 0.5) is 5.69 Å². The van der Waals surface area contributed by atoms with E-state index in [1.165, 1.54) is 0 Å². The van der Waals surface area contributed by atoms with Crippen molar-refractivity contribution in [2.75, 3.05) is 24.2 Å². The molecule has 29 heavy (non-hydrogen) atoms. The maximum Gasteiger partial charge on any atom is 0.241 e. The Morgan fingerprint density at radius 1 is 1.28 bits per heavy atom. The first-order valence-electron chi connectivity index (χ1n) is 9.20. The van der Waals surface area contributed by atoms with E-state index in [9.17, 15) is 13.2 Å². The van der Waals surface area contributed by atoms with E-state index in [1.807, 2.05) is 6.07 Å². The number of anilines is 1. The van der Waals surface area contributed by atoms with E-state index in [0.29, 0.717) is 25.1 Å². The fourth-order valence-electron chi connectivity index (χ4n) is 3.14. The lowest BCUT2D eigenvalue weighted by molar-refractivity contribution is -0.129. The summed E-state index contributed by atoms with van der Waals surface area (Å²) < 4.78 is 27.2. The van der Waals surface area contributed by atoms with Crippen molar-refractivity contribution in [3.63, 3.8) is 0 Å². The van der Waals surface area contributed by atoms with Crippen molar-refractivity contribution in [1.29, 1.82) is 5.41 Å². The molecule has 5 N–H and O–H groups in total. The monoisotopic (exact) mass is 416 g/mol. The second kappa shape index (κ2) is 9.01. The largest absolute Gasteiger partial charge is 0.384 e. The van der Waals surface area contributed by atoms with Gasteiger partial charge in [0.05, 0.1) is 5.75 Å². The predicted octanol–water partition coefficient (Wildman–Crippen LogP) is 0.498. The molecular weight excluding hydrogens is 392 g/mol. The number of nitrogens with zero attached hydrogens (tertiary/aromatic N) is 2. The zero-order chi connectivity index (χ0) is 20.9. The molecule has 1 aromatic carbocycles. The highest BCUT2D eigenvalue weighted by Crippen LogP contribution is 2.17. The number of carbonyl (C=O) groups is 1. The first-order valence-corrected chi connectivity index (χ1v) is 10.9. The molecule has 1 aliphatic rings. The number of nitrogen functional groups attached to an aromatic ring is 1. The molecule has 154 valence electrons. The summed E-state index contributed by atoms with van der Waals surface area (Å²) in [6.45, 7) is 1.04. The van der Waals surface area contributed by atoms with Gasteiger partial charge in [0.25, 0.3) is 0 Å². The lowest BCUT2D eigenvalue weighted by Crippen LogP contribution is -2.43. The van der Waals surface area contributed by atoms with Gasteiger partial charge in [-0.1, -0.05) is 18.2 Å². The summed E-state index contributed by atoms with van der Waals surface area (Å²) in [5.41, 5.74) is 7.72. The highest BCUT2D eigenvalue weighted by Gasteiger charge is 2.34. The quantitative estimate of drug-likeness (QED) is 0.346. The van der Waals surface area contributed by atoms with Crippen molar-refractivity contribution in [2.45, 2.75) is 19.0 Å². The van der Waals surface area contributed by atoms with Crippen LogP contribution in [0.3, 0.4) is 0 Å². The average molecular weight is 417 g/mol. The first kappa shape index (κ1) is 20.7. The second-order valence-electron chi connectivity index (χ2n) is 6.81. The molecule has 1 saturated heterocycles. The number of aromatic nitrogens is 1. The van der Waals surface area contributed by atoms with Gasteiger partial charge in [-0.05, 0) is 30.2 Å². The van der Waals surface area contributed by atoms with E-state index in [4.69, 9.17) is 11.1 Å². The molecule has 9 nitrogen and oxygen atoms in total. The number of sulfonamides is 1. The molecule has 1 aromatic heterocycles. The van der Waals surface area contributed by atoms with Crippen molar-refractivity contribution in [1.82, 2.24) is 14.6 Å². The molecule has 2 aromatic rings. The summed E-state index contributed by atoms with van der Waals surface area (Å²) in [5, 5.41) is 10.5. The Hall–Kier alpha value is -2.98. The third kappa shape index (κ3) is 5.75. The fourth-order valence-corrected chi connectivity index (χ4v) is 4.28. The van der Waals surface area contributed by atoms with Crippen LogP contribution >= 0.6 is 0 Å². The number of hydrogen-bond acceptors (Lipinski definition) is 6. The Balaban J connectivity index is 1.52. The van der Waals surface area contributed by atoms with Gasteiger partial charge in [0.2, 0.25) is 15.9 Å². The zero-order valence-electron chi connectivity index (χ0n) is 15.8. The van der Waals surface area contributed by atoms with Gasteiger partial charge in [0.15, 0.2) is 0 Å². The number of benzene rings is 1. The van der Waals surface area contributed by atoms with Gasteiger partial charge < -0.3 is 16.0 Å².